The van der Waals surface area contributed by atoms with Gasteiger partial charge in [-0.3, -0.25) is 14.1 Å². The Morgan fingerprint density at radius 3 is 2.63 bits per heavy atom. The van der Waals surface area contributed by atoms with Crippen LogP contribution in [0.25, 0.3) is 22.5 Å². The summed E-state index contributed by atoms with van der Waals surface area (Å²) >= 11 is 0. The second kappa shape index (κ2) is 9.98. The maximum atomic E-state index is 13.8. The van der Waals surface area contributed by atoms with Crippen molar-refractivity contribution in [1.29, 1.82) is 0 Å². The van der Waals surface area contributed by atoms with Crippen LogP contribution in [0.1, 0.15) is 63.8 Å². The Hall–Kier alpha value is -3.55. The van der Waals surface area contributed by atoms with E-state index in [1.165, 1.54) is 6.42 Å². The van der Waals surface area contributed by atoms with Gasteiger partial charge in [0.25, 0.3) is 0 Å². The summed E-state index contributed by atoms with van der Waals surface area (Å²) in [5.74, 6) is 1.77. The molecule has 35 heavy (non-hydrogen) atoms. The van der Waals surface area contributed by atoms with Crippen LogP contribution in [-0.4, -0.2) is 34.7 Å². The van der Waals surface area contributed by atoms with E-state index in [1.807, 2.05) is 39.6 Å². The molecule has 3 heterocycles. The molecule has 3 unspecified atom stereocenters. The van der Waals surface area contributed by atoms with Gasteiger partial charge in [-0.05, 0) is 70.7 Å². The minimum absolute atomic E-state index is 0.0876. The van der Waals surface area contributed by atoms with Crippen molar-refractivity contribution in [2.24, 2.45) is 11.8 Å². The van der Waals surface area contributed by atoms with Gasteiger partial charge in [0.1, 0.15) is 0 Å². The summed E-state index contributed by atoms with van der Waals surface area (Å²) in [7, 11) is 0. The lowest BCUT2D eigenvalue weighted by atomic mass is 9.96. The molecule has 0 saturated heterocycles. The molecule has 5 rings (SSSR count). The largest absolute Gasteiger partial charge is 0.328 e. The highest BCUT2D eigenvalue weighted by atomic mass is 16.1. The topological polar surface area (TPSA) is 94.3 Å². The summed E-state index contributed by atoms with van der Waals surface area (Å²) in [5, 5.41) is 14.5. The molecule has 0 spiro atoms. The van der Waals surface area contributed by atoms with Gasteiger partial charge in [0, 0.05) is 35.9 Å². The van der Waals surface area contributed by atoms with Gasteiger partial charge in [0.05, 0.1) is 6.54 Å². The molecule has 3 aromatic heterocycles. The number of benzene rings is 1. The number of aromatic nitrogens is 7. The smallest absolute Gasteiger partial charge is 0.296 e. The third kappa shape index (κ3) is 4.57. The molecule has 0 bridgehead atoms. The monoisotopic (exact) mass is 471 g/mol. The number of nitrogens with zero attached hydrogens (tertiary/aromatic N) is 6. The fraction of sp³-hybridized carbons (Fsp3) is 0.444. The molecule has 4 aromatic rings. The van der Waals surface area contributed by atoms with E-state index < -0.39 is 0 Å². The van der Waals surface area contributed by atoms with Gasteiger partial charge in [-0.2, -0.15) is 0 Å². The highest BCUT2D eigenvalue weighted by Crippen LogP contribution is 2.39. The molecule has 1 aliphatic rings. The van der Waals surface area contributed by atoms with Gasteiger partial charge >= 0.3 is 5.69 Å². The average Bonchev–Trinajstić information content (AvgIpc) is 3.59. The van der Waals surface area contributed by atoms with Gasteiger partial charge < -0.3 is 0 Å². The Kier molecular flexibility index (Phi) is 6.61. The zero-order valence-electron chi connectivity index (χ0n) is 20.7. The van der Waals surface area contributed by atoms with Gasteiger partial charge in [-0.15, -0.1) is 5.10 Å². The van der Waals surface area contributed by atoms with Crippen LogP contribution >= 0.6 is 0 Å². The SMILES string of the molecule is CCCCc1cn(C2CC(C)CC2C)c(=O)n1Cc1cnccc1-c1ccccc1-c1nnn[nH]1. The van der Waals surface area contributed by atoms with Crippen LogP contribution in [0.3, 0.4) is 0 Å². The number of pyridine rings is 1. The summed E-state index contributed by atoms with van der Waals surface area (Å²) in [6.07, 6.45) is 11.1. The maximum absolute atomic E-state index is 13.8. The van der Waals surface area contributed by atoms with Crippen LogP contribution in [0, 0.1) is 11.8 Å². The lowest BCUT2D eigenvalue weighted by Gasteiger charge is -2.16. The minimum atomic E-state index is 0.0876. The van der Waals surface area contributed by atoms with Gasteiger partial charge in [0.15, 0.2) is 5.82 Å². The molecule has 1 N–H and O–H groups in total. The molecule has 0 amide bonds. The number of hydrogen-bond donors (Lipinski definition) is 1. The number of tetrazole rings is 1. The molecular formula is C27H33N7O. The number of unbranched alkanes of at least 4 members (excludes halogenated alkanes) is 1. The normalized spacial score (nSPS) is 19.9. The van der Waals surface area contributed by atoms with E-state index in [4.69, 9.17) is 0 Å². The molecule has 3 atom stereocenters. The number of hydrogen-bond acceptors (Lipinski definition) is 5. The first-order chi connectivity index (χ1) is 17.1. The predicted octanol–water partition coefficient (Wildman–Crippen LogP) is 4.89. The van der Waals surface area contributed by atoms with E-state index in [-0.39, 0.29) is 11.7 Å². The third-order valence-electron chi connectivity index (χ3n) is 7.35. The number of H-pyrrole nitrogens is 1. The van der Waals surface area contributed by atoms with E-state index >= 15 is 0 Å². The van der Waals surface area contributed by atoms with Gasteiger partial charge in [-0.1, -0.05) is 51.5 Å². The molecule has 1 fully saturated rings. The van der Waals surface area contributed by atoms with Gasteiger partial charge in [0.2, 0.25) is 0 Å². The summed E-state index contributed by atoms with van der Waals surface area (Å²) in [6, 6.07) is 10.3. The van der Waals surface area contributed by atoms with E-state index in [0.717, 1.165) is 53.6 Å². The first kappa shape index (κ1) is 23.2. The van der Waals surface area contributed by atoms with E-state index in [0.29, 0.717) is 24.2 Å². The Bertz CT molecular complexity index is 1340. The Morgan fingerprint density at radius 1 is 1.09 bits per heavy atom. The van der Waals surface area contributed by atoms with Crippen LogP contribution in [0.15, 0.2) is 53.7 Å². The summed E-state index contributed by atoms with van der Waals surface area (Å²) in [4.78, 5) is 18.2. The van der Waals surface area contributed by atoms with Crippen LogP contribution < -0.4 is 5.69 Å². The summed E-state index contributed by atoms with van der Waals surface area (Å²) < 4.78 is 3.98. The molecule has 1 aliphatic carbocycles. The number of nitrogens with one attached hydrogen (secondary N) is 1. The van der Waals surface area contributed by atoms with Crippen LogP contribution in [0.5, 0.6) is 0 Å². The first-order valence-corrected chi connectivity index (χ1v) is 12.6. The van der Waals surface area contributed by atoms with Crippen LogP contribution in [0.4, 0.5) is 0 Å². The molecule has 0 radical (unpaired) electrons. The summed E-state index contributed by atoms with van der Waals surface area (Å²) in [6.45, 7) is 7.24. The lowest BCUT2D eigenvalue weighted by Crippen LogP contribution is -2.29. The van der Waals surface area contributed by atoms with E-state index in [2.05, 4.69) is 58.6 Å². The Morgan fingerprint density at radius 2 is 1.91 bits per heavy atom. The third-order valence-corrected chi connectivity index (χ3v) is 7.35. The average molecular weight is 472 g/mol. The molecule has 0 aliphatic heterocycles. The van der Waals surface area contributed by atoms with Crippen LogP contribution in [-0.2, 0) is 13.0 Å². The second-order valence-electron chi connectivity index (χ2n) is 9.95. The summed E-state index contributed by atoms with van der Waals surface area (Å²) in [5.41, 5.74) is 5.13. The maximum Gasteiger partial charge on any atom is 0.328 e. The first-order valence-electron chi connectivity index (χ1n) is 12.6. The van der Waals surface area contributed by atoms with E-state index in [1.54, 1.807) is 6.20 Å². The van der Waals surface area contributed by atoms with Crippen molar-refractivity contribution in [1.82, 2.24) is 34.7 Å². The van der Waals surface area contributed by atoms with Crippen LogP contribution in [0.2, 0.25) is 0 Å². The highest BCUT2D eigenvalue weighted by Gasteiger charge is 2.32. The minimum Gasteiger partial charge on any atom is -0.296 e. The van der Waals surface area contributed by atoms with Crippen molar-refractivity contribution in [3.8, 4) is 22.5 Å². The molecule has 1 aromatic carbocycles. The standard InChI is InChI=1S/C27H33N7O/c1-4-5-8-21-17-34(25-14-18(2)13-19(25)3)27(35)33(21)16-20-15-28-12-11-22(20)23-9-6-7-10-24(23)26-29-31-32-30-26/h6-7,9-12,15,17-19,25H,4-5,8,13-14,16H2,1-3H3,(H,29,30,31,32). The zero-order chi connectivity index (χ0) is 24.4. The number of aryl methyl sites for hydroxylation is 1. The fourth-order valence-electron chi connectivity index (χ4n) is 5.62. The number of aromatic amines is 1. The molecule has 1 saturated carbocycles. The predicted molar refractivity (Wildman–Crippen MR) is 136 cm³/mol. The molecular weight excluding hydrogens is 438 g/mol. The van der Waals surface area contributed by atoms with Gasteiger partial charge in [-0.25, -0.2) is 9.89 Å². The molecule has 182 valence electrons. The number of imidazole rings is 1. The second-order valence-corrected chi connectivity index (χ2v) is 9.95. The molecule has 8 heteroatoms. The Labute approximate surface area is 205 Å². The molecule has 8 nitrogen and oxygen atoms in total. The number of rotatable bonds is 8. The fourth-order valence-corrected chi connectivity index (χ4v) is 5.62. The van der Waals surface area contributed by atoms with Crippen molar-refractivity contribution in [2.75, 3.05) is 0 Å². The van der Waals surface area contributed by atoms with Crippen molar-refractivity contribution in [2.45, 2.75) is 65.5 Å². The van der Waals surface area contributed by atoms with Crippen molar-refractivity contribution in [3.05, 3.63) is 70.7 Å². The quantitative estimate of drug-likeness (QED) is 0.395. The van der Waals surface area contributed by atoms with Crippen molar-refractivity contribution in [3.63, 3.8) is 0 Å². The highest BCUT2D eigenvalue weighted by molar-refractivity contribution is 5.81. The van der Waals surface area contributed by atoms with Crippen molar-refractivity contribution >= 4 is 0 Å². The lowest BCUT2D eigenvalue weighted by molar-refractivity contribution is 0.393. The Balaban J connectivity index is 1.57. The zero-order valence-corrected chi connectivity index (χ0v) is 20.7. The van der Waals surface area contributed by atoms with Crippen molar-refractivity contribution < 1.29 is 0 Å². The van der Waals surface area contributed by atoms with E-state index in [9.17, 15) is 4.79 Å².